The Morgan fingerprint density at radius 1 is 1.00 bits per heavy atom. The average molecular weight is 425 g/mol. The van der Waals surface area contributed by atoms with Crippen LogP contribution in [0.1, 0.15) is 16.7 Å². The number of nitrogens with one attached hydrogen (secondary N) is 2. The number of amides is 1. The van der Waals surface area contributed by atoms with E-state index < -0.39 is 10.0 Å². The first-order valence-electron chi connectivity index (χ1n) is 8.85. The smallest absolute Gasteiger partial charge is 0.261 e. The molecule has 0 saturated carbocycles. The second-order valence-electron chi connectivity index (χ2n) is 6.72. The van der Waals surface area contributed by atoms with Crippen LogP contribution < -0.4 is 10.0 Å². The molecule has 0 atom stereocenters. The Balaban J connectivity index is 1.74. The summed E-state index contributed by atoms with van der Waals surface area (Å²) in [6.07, 6.45) is 1.66. The zero-order valence-corrected chi connectivity index (χ0v) is 17.0. The zero-order valence-electron chi connectivity index (χ0n) is 15.4. The molecule has 1 aliphatic heterocycles. The van der Waals surface area contributed by atoms with Gasteiger partial charge < -0.3 is 5.32 Å². The fourth-order valence-electron chi connectivity index (χ4n) is 3.15. The Hall–Kier alpha value is -3.09. The van der Waals surface area contributed by atoms with E-state index in [1.165, 1.54) is 12.1 Å². The average Bonchev–Trinajstić information content (AvgIpc) is 2.98. The molecule has 3 aromatic carbocycles. The van der Waals surface area contributed by atoms with Crippen molar-refractivity contribution in [2.75, 3.05) is 10.0 Å². The van der Waals surface area contributed by atoms with Gasteiger partial charge in [0.05, 0.1) is 4.90 Å². The fourth-order valence-corrected chi connectivity index (χ4v) is 4.41. The van der Waals surface area contributed by atoms with Crippen LogP contribution >= 0.6 is 11.6 Å². The largest absolute Gasteiger partial charge is 0.321 e. The van der Waals surface area contributed by atoms with Crippen molar-refractivity contribution in [2.45, 2.75) is 11.8 Å². The summed E-state index contributed by atoms with van der Waals surface area (Å²) in [5, 5.41) is 3.26. The first-order chi connectivity index (χ1) is 13.8. The highest BCUT2D eigenvalue weighted by Gasteiger charge is 2.27. The normalized spacial score (nSPS) is 14.6. The first-order valence-corrected chi connectivity index (χ1v) is 10.7. The van der Waals surface area contributed by atoms with Crippen LogP contribution in [0.3, 0.4) is 0 Å². The number of anilines is 2. The van der Waals surface area contributed by atoms with Crippen LogP contribution in [0.4, 0.5) is 11.4 Å². The van der Waals surface area contributed by atoms with E-state index in [1.54, 1.807) is 48.5 Å². The van der Waals surface area contributed by atoms with Gasteiger partial charge in [0, 0.05) is 27.5 Å². The van der Waals surface area contributed by atoms with E-state index >= 15 is 0 Å². The van der Waals surface area contributed by atoms with Crippen molar-refractivity contribution in [1.82, 2.24) is 0 Å². The van der Waals surface area contributed by atoms with Crippen molar-refractivity contribution in [2.24, 2.45) is 0 Å². The summed E-state index contributed by atoms with van der Waals surface area (Å²) in [6, 6.07) is 18.8. The number of sulfonamides is 1. The van der Waals surface area contributed by atoms with Crippen LogP contribution in [0.2, 0.25) is 5.02 Å². The number of carbonyl (C=O) groups excluding carboxylic acids is 1. The molecular formula is C22H17ClN2O3S. The molecule has 4 rings (SSSR count). The van der Waals surface area contributed by atoms with Gasteiger partial charge in [0.15, 0.2) is 0 Å². The van der Waals surface area contributed by atoms with E-state index in [4.69, 9.17) is 11.6 Å². The van der Waals surface area contributed by atoms with Gasteiger partial charge in [0.2, 0.25) is 0 Å². The number of halogens is 1. The molecule has 0 radical (unpaired) electrons. The quantitative estimate of drug-likeness (QED) is 0.582. The van der Waals surface area contributed by atoms with Gasteiger partial charge in [-0.2, -0.15) is 0 Å². The van der Waals surface area contributed by atoms with Gasteiger partial charge in [0.25, 0.3) is 15.9 Å². The van der Waals surface area contributed by atoms with Crippen LogP contribution in [0, 0.1) is 6.92 Å². The number of carbonyl (C=O) groups is 1. The third-order valence-electron chi connectivity index (χ3n) is 4.56. The van der Waals surface area contributed by atoms with E-state index in [0.717, 1.165) is 5.56 Å². The first kappa shape index (κ1) is 19.2. The highest BCUT2D eigenvalue weighted by atomic mass is 35.5. The number of aryl methyl sites for hydroxylation is 1. The highest BCUT2D eigenvalue weighted by Crippen LogP contribution is 2.36. The Morgan fingerprint density at radius 2 is 1.79 bits per heavy atom. The predicted molar refractivity (Wildman–Crippen MR) is 116 cm³/mol. The predicted octanol–water partition coefficient (Wildman–Crippen LogP) is 4.94. The molecule has 29 heavy (non-hydrogen) atoms. The van der Waals surface area contributed by atoms with Crippen molar-refractivity contribution >= 4 is 50.6 Å². The lowest BCUT2D eigenvalue weighted by Crippen LogP contribution is -2.13. The molecule has 1 heterocycles. The van der Waals surface area contributed by atoms with Gasteiger partial charge in [-0.15, -0.1) is 0 Å². The molecule has 0 aromatic heterocycles. The molecule has 2 N–H and O–H groups in total. The summed E-state index contributed by atoms with van der Waals surface area (Å²) >= 11 is 6.20. The number of fused-ring (bicyclic) bond motifs is 1. The number of hydrogen-bond donors (Lipinski definition) is 2. The summed E-state index contributed by atoms with van der Waals surface area (Å²) in [6.45, 7) is 1.89. The molecule has 0 unspecified atom stereocenters. The lowest BCUT2D eigenvalue weighted by atomic mass is 10.0. The minimum atomic E-state index is -3.82. The lowest BCUT2D eigenvalue weighted by Gasteiger charge is -2.10. The number of rotatable bonds is 4. The van der Waals surface area contributed by atoms with Crippen molar-refractivity contribution in [3.05, 3.63) is 88.4 Å². The SMILES string of the molecule is Cc1cccc(NS(=O)(=O)c2ccc3c(c2)/C(=C\c2ccccc2Cl)C(=O)N3)c1. The Bertz CT molecular complexity index is 1270. The molecule has 1 amide bonds. The van der Waals surface area contributed by atoms with Gasteiger partial charge in [-0.05, 0) is 60.5 Å². The second-order valence-corrected chi connectivity index (χ2v) is 8.81. The summed E-state index contributed by atoms with van der Waals surface area (Å²) < 4.78 is 28.3. The lowest BCUT2D eigenvalue weighted by molar-refractivity contribution is -0.110. The van der Waals surface area contributed by atoms with Gasteiger partial charge in [0.1, 0.15) is 0 Å². The van der Waals surface area contributed by atoms with Crippen molar-refractivity contribution in [3.63, 3.8) is 0 Å². The van der Waals surface area contributed by atoms with E-state index in [-0.39, 0.29) is 10.8 Å². The highest BCUT2D eigenvalue weighted by molar-refractivity contribution is 7.92. The van der Waals surface area contributed by atoms with E-state index in [2.05, 4.69) is 10.0 Å². The van der Waals surface area contributed by atoms with Crippen LogP contribution in [-0.4, -0.2) is 14.3 Å². The summed E-state index contributed by atoms with van der Waals surface area (Å²) in [5.41, 5.74) is 3.54. The van der Waals surface area contributed by atoms with E-state index in [1.807, 2.05) is 19.1 Å². The molecule has 5 nitrogen and oxygen atoms in total. The van der Waals surface area contributed by atoms with Crippen molar-refractivity contribution < 1.29 is 13.2 Å². The molecule has 0 saturated heterocycles. The topological polar surface area (TPSA) is 75.3 Å². The zero-order chi connectivity index (χ0) is 20.6. The van der Waals surface area contributed by atoms with Gasteiger partial charge >= 0.3 is 0 Å². The van der Waals surface area contributed by atoms with Gasteiger partial charge in [-0.25, -0.2) is 8.42 Å². The molecular weight excluding hydrogens is 408 g/mol. The van der Waals surface area contributed by atoms with E-state index in [0.29, 0.717) is 33.1 Å². The van der Waals surface area contributed by atoms with Gasteiger partial charge in [-0.1, -0.05) is 41.9 Å². The number of benzene rings is 3. The van der Waals surface area contributed by atoms with Crippen molar-refractivity contribution in [3.8, 4) is 0 Å². The molecule has 0 spiro atoms. The Morgan fingerprint density at radius 3 is 2.55 bits per heavy atom. The molecule has 3 aromatic rings. The Kier molecular flexibility index (Phi) is 4.90. The fraction of sp³-hybridized carbons (Fsp3) is 0.0455. The standard InChI is InChI=1S/C22H17ClN2O3S/c1-14-5-4-7-16(11-14)25-29(27,28)17-9-10-21-18(13-17)19(22(26)24-21)12-15-6-2-3-8-20(15)23/h2-13,25H,1H3,(H,24,26)/b19-12+. The monoisotopic (exact) mass is 424 g/mol. The maximum atomic E-state index is 12.9. The third-order valence-corrected chi connectivity index (χ3v) is 6.28. The molecule has 0 aliphatic carbocycles. The van der Waals surface area contributed by atoms with Gasteiger partial charge in [-0.3, -0.25) is 9.52 Å². The molecule has 0 fully saturated rings. The molecule has 1 aliphatic rings. The van der Waals surface area contributed by atoms with E-state index in [9.17, 15) is 13.2 Å². The summed E-state index contributed by atoms with van der Waals surface area (Å²) in [5.74, 6) is -0.305. The van der Waals surface area contributed by atoms with Crippen LogP contribution in [0.5, 0.6) is 0 Å². The minimum Gasteiger partial charge on any atom is -0.321 e. The molecule has 0 bridgehead atoms. The summed E-state index contributed by atoms with van der Waals surface area (Å²) in [7, 11) is -3.82. The summed E-state index contributed by atoms with van der Waals surface area (Å²) in [4.78, 5) is 12.5. The van der Waals surface area contributed by atoms with Crippen molar-refractivity contribution in [1.29, 1.82) is 0 Å². The number of hydrogen-bond acceptors (Lipinski definition) is 3. The molecule has 146 valence electrons. The maximum Gasteiger partial charge on any atom is 0.261 e. The second kappa shape index (κ2) is 7.39. The molecule has 7 heteroatoms. The third kappa shape index (κ3) is 3.90. The van der Waals surface area contributed by atoms with Crippen LogP contribution in [0.25, 0.3) is 11.6 Å². The van der Waals surface area contributed by atoms with Crippen LogP contribution in [0.15, 0.2) is 71.6 Å². The minimum absolute atomic E-state index is 0.0688. The van der Waals surface area contributed by atoms with Crippen LogP contribution in [-0.2, 0) is 14.8 Å². The Labute approximate surface area is 174 Å². The maximum absolute atomic E-state index is 12.9.